The number of carbonyl (C=O) groups is 1. The third-order valence-electron chi connectivity index (χ3n) is 4.66. The number of anilines is 1. The fraction of sp³-hybridized carbons (Fsp3) is 0.333. The largest absolute Gasteiger partial charge is 0.399 e. The van der Waals surface area contributed by atoms with E-state index in [-0.39, 0.29) is 5.91 Å². The standard InChI is InChI=1S/C21H26N4O/c1-14(2)12-21(3)19(26)25(20(23)24-21)13-15-7-9-16(10-8-15)17-5-4-6-18(22)11-17/h4-11,14H,12-13,22H2,1-3H3,(H2,23,24). The molecule has 1 amide bonds. The zero-order valence-corrected chi connectivity index (χ0v) is 15.6. The van der Waals surface area contributed by atoms with Gasteiger partial charge in [0.2, 0.25) is 0 Å². The van der Waals surface area contributed by atoms with Gasteiger partial charge >= 0.3 is 0 Å². The van der Waals surface area contributed by atoms with E-state index in [2.05, 4.69) is 18.8 Å². The van der Waals surface area contributed by atoms with Crippen LogP contribution in [0.25, 0.3) is 11.1 Å². The molecule has 0 bridgehead atoms. The van der Waals surface area contributed by atoms with Crippen LogP contribution in [0, 0.1) is 5.92 Å². The van der Waals surface area contributed by atoms with Crippen molar-refractivity contribution in [3.05, 3.63) is 54.1 Å². The van der Waals surface area contributed by atoms with Crippen molar-refractivity contribution in [3.63, 3.8) is 0 Å². The van der Waals surface area contributed by atoms with E-state index in [1.54, 1.807) is 4.90 Å². The van der Waals surface area contributed by atoms with Gasteiger partial charge in [0, 0.05) is 5.69 Å². The van der Waals surface area contributed by atoms with Crippen molar-refractivity contribution in [1.82, 2.24) is 4.90 Å². The number of guanidine groups is 1. The molecule has 3 rings (SSSR count). The van der Waals surface area contributed by atoms with Gasteiger partial charge in [-0.05, 0) is 48.1 Å². The van der Waals surface area contributed by atoms with E-state index >= 15 is 0 Å². The molecule has 4 N–H and O–H groups in total. The SMILES string of the molecule is CC(C)CC1(C)N=C(N)N(Cc2ccc(-c3cccc(N)c3)cc2)C1=O. The summed E-state index contributed by atoms with van der Waals surface area (Å²) >= 11 is 0. The summed E-state index contributed by atoms with van der Waals surface area (Å²) in [5.74, 6) is 0.653. The molecule has 0 radical (unpaired) electrons. The summed E-state index contributed by atoms with van der Waals surface area (Å²) in [5.41, 5.74) is 15.1. The number of hydrogen-bond acceptors (Lipinski definition) is 4. The third-order valence-corrected chi connectivity index (χ3v) is 4.66. The maximum absolute atomic E-state index is 12.8. The van der Waals surface area contributed by atoms with E-state index in [9.17, 15) is 4.79 Å². The van der Waals surface area contributed by atoms with Crippen molar-refractivity contribution in [1.29, 1.82) is 0 Å². The highest BCUT2D eigenvalue weighted by Gasteiger charge is 2.43. The van der Waals surface area contributed by atoms with Crippen LogP contribution in [0.15, 0.2) is 53.5 Å². The van der Waals surface area contributed by atoms with E-state index < -0.39 is 5.54 Å². The molecule has 2 aromatic carbocycles. The molecule has 1 aliphatic rings. The molecule has 0 spiro atoms. The minimum absolute atomic E-state index is 0.0244. The number of hydrogen-bond donors (Lipinski definition) is 2. The lowest BCUT2D eigenvalue weighted by Gasteiger charge is -2.23. The van der Waals surface area contributed by atoms with Crippen molar-refractivity contribution in [2.75, 3.05) is 5.73 Å². The summed E-state index contributed by atoms with van der Waals surface area (Å²) in [4.78, 5) is 18.9. The maximum Gasteiger partial charge on any atom is 0.257 e. The number of nitrogens with two attached hydrogens (primary N) is 2. The first-order valence-electron chi connectivity index (χ1n) is 8.90. The average Bonchev–Trinajstić information content (AvgIpc) is 2.78. The van der Waals surface area contributed by atoms with Crippen LogP contribution in [-0.4, -0.2) is 22.3 Å². The molecule has 1 aliphatic heterocycles. The second kappa shape index (κ2) is 6.83. The second-order valence-corrected chi connectivity index (χ2v) is 7.56. The molecule has 1 unspecified atom stereocenters. The molecule has 26 heavy (non-hydrogen) atoms. The smallest absolute Gasteiger partial charge is 0.257 e. The fourth-order valence-corrected chi connectivity index (χ4v) is 3.54. The molecule has 5 heteroatoms. The van der Waals surface area contributed by atoms with Gasteiger partial charge in [-0.1, -0.05) is 50.2 Å². The van der Waals surface area contributed by atoms with Gasteiger partial charge in [-0.15, -0.1) is 0 Å². The van der Waals surface area contributed by atoms with E-state index in [4.69, 9.17) is 11.5 Å². The van der Waals surface area contributed by atoms with Gasteiger partial charge in [-0.25, -0.2) is 4.99 Å². The molecular formula is C21H26N4O. The van der Waals surface area contributed by atoms with Crippen molar-refractivity contribution in [3.8, 4) is 11.1 Å². The Morgan fingerprint density at radius 1 is 1.08 bits per heavy atom. The van der Waals surface area contributed by atoms with Crippen LogP contribution in [0.3, 0.4) is 0 Å². The monoisotopic (exact) mass is 350 g/mol. The first-order chi connectivity index (χ1) is 12.3. The molecular weight excluding hydrogens is 324 g/mol. The number of aliphatic imine (C=N–C) groups is 1. The molecule has 0 aromatic heterocycles. The second-order valence-electron chi connectivity index (χ2n) is 7.56. The molecule has 2 aromatic rings. The third kappa shape index (κ3) is 3.57. The first kappa shape index (κ1) is 18.0. The Morgan fingerprint density at radius 3 is 2.38 bits per heavy atom. The van der Waals surface area contributed by atoms with Crippen LogP contribution >= 0.6 is 0 Å². The van der Waals surface area contributed by atoms with Crippen molar-refractivity contribution < 1.29 is 4.79 Å². The van der Waals surface area contributed by atoms with Crippen LogP contribution in [-0.2, 0) is 11.3 Å². The molecule has 0 fully saturated rings. The number of rotatable bonds is 5. The highest BCUT2D eigenvalue weighted by atomic mass is 16.2. The highest BCUT2D eigenvalue weighted by molar-refractivity contribution is 6.06. The quantitative estimate of drug-likeness (QED) is 0.811. The van der Waals surface area contributed by atoms with Gasteiger partial charge in [-0.2, -0.15) is 0 Å². The minimum atomic E-state index is -0.750. The number of nitrogen functional groups attached to an aromatic ring is 1. The van der Waals surface area contributed by atoms with Crippen molar-refractivity contribution in [2.45, 2.75) is 39.3 Å². The molecule has 5 nitrogen and oxygen atoms in total. The summed E-state index contributed by atoms with van der Waals surface area (Å²) in [6.07, 6.45) is 0.692. The maximum atomic E-state index is 12.8. The predicted molar refractivity (Wildman–Crippen MR) is 106 cm³/mol. The lowest BCUT2D eigenvalue weighted by atomic mass is 9.91. The van der Waals surface area contributed by atoms with Gasteiger partial charge in [0.15, 0.2) is 5.96 Å². The molecule has 136 valence electrons. The van der Waals surface area contributed by atoms with Gasteiger partial charge in [-0.3, -0.25) is 9.69 Å². The Morgan fingerprint density at radius 2 is 1.77 bits per heavy atom. The molecule has 0 aliphatic carbocycles. The number of amides is 1. The summed E-state index contributed by atoms with van der Waals surface area (Å²) in [5, 5.41) is 0. The summed E-state index contributed by atoms with van der Waals surface area (Å²) < 4.78 is 0. The van der Waals surface area contributed by atoms with Gasteiger partial charge in [0.25, 0.3) is 5.91 Å². The zero-order chi connectivity index (χ0) is 18.9. The number of benzene rings is 2. The van der Waals surface area contributed by atoms with Crippen LogP contribution in [0.4, 0.5) is 5.69 Å². The van der Waals surface area contributed by atoms with E-state index in [0.29, 0.717) is 24.8 Å². The Balaban J connectivity index is 1.76. The van der Waals surface area contributed by atoms with E-state index in [1.165, 1.54) is 0 Å². The summed E-state index contributed by atoms with van der Waals surface area (Å²) in [6, 6.07) is 15.9. The van der Waals surface area contributed by atoms with Crippen LogP contribution in [0.2, 0.25) is 0 Å². The van der Waals surface area contributed by atoms with Gasteiger partial charge in [0.1, 0.15) is 5.54 Å². The zero-order valence-electron chi connectivity index (χ0n) is 15.6. The molecule has 1 heterocycles. The summed E-state index contributed by atoms with van der Waals surface area (Å²) in [7, 11) is 0. The number of nitrogens with zero attached hydrogens (tertiary/aromatic N) is 2. The van der Waals surface area contributed by atoms with Crippen LogP contribution in [0.1, 0.15) is 32.8 Å². The van der Waals surface area contributed by atoms with Crippen LogP contribution in [0.5, 0.6) is 0 Å². The summed E-state index contributed by atoms with van der Waals surface area (Å²) in [6.45, 7) is 6.47. The average molecular weight is 350 g/mol. The predicted octanol–water partition coefficient (Wildman–Crippen LogP) is 3.40. The molecule has 1 atom stereocenters. The lowest BCUT2D eigenvalue weighted by molar-refractivity contribution is -0.131. The number of carbonyl (C=O) groups excluding carboxylic acids is 1. The van der Waals surface area contributed by atoms with E-state index in [1.807, 2.05) is 55.5 Å². The van der Waals surface area contributed by atoms with Crippen molar-refractivity contribution >= 4 is 17.6 Å². The normalized spacial score (nSPS) is 19.9. The topological polar surface area (TPSA) is 84.7 Å². The molecule has 0 saturated heterocycles. The highest BCUT2D eigenvalue weighted by Crippen LogP contribution is 2.30. The van der Waals surface area contributed by atoms with Crippen molar-refractivity contribution in [2.24, 2.45) is 16.6 Å². The Bertz CT molecular complexity index is 841. The minimum Gasteiger partial charge on any atom is -0.399 e. The van der Waals surface area contributed by atoms with Crippen LogP contribution < -0.4 is 11.5 Å². The molecule has 0 saturated carbocycles. The Hall–Kier alpha value is -2.82. The van der Waals surface area contributed by atoms with Gasteiger partial charge in [0.05, 0.1) is 6.54 Å². The first-order valence-corrected chi connectivity index (χ1v) is 8.90. The lowest BCUT2D eigenvalue weighted by Crippen LogP contribution is -2.43. The Kier molecular flexibility index (Phi) is 4.72. The van der Waals surface area contributed by atoms with E-state index in [0.717, 1.165) is 22.4 Å². The fourth-order valence-electron chi connectivity index (χ4n) is 3.54. The Labute approximate surface area is 154 Å². The van der Waals surface area contributed by atoms with Gasteiger partial charge < -0.3 is 11.5 Å².